The minimum atomic E-state index is -1.12. The zero-order valence-corrected chi connectivity index (χ0v) is 11.2. The second kappa shape index (κ2) is 5.70. The minimum Gasteiger partial charge on any atom is -0.477 e. The number of aromatic nitrogens is 4. The van der Waals surface area contributed by atoms with Gasteiger partial charge in [-0.05, 0) is 11.6 Å². The van der Waals surface area contributed by atoms with Crippen molar-refractivity contribution in [2.24, 2.45) is 7.05 Å². The third kappa shape index (κ3) is 2.94. The van der Waals surface area contributed by atoms with Crippen molar-refractivity contribution in [3.63, 3.8) is 0 Å². The van der Waals surface area contributed by atoms with Gasteiger partial charge < -0.3 is 5.11 Å². The van der Waals surface area contributed by atoms with Crippen molar-refractivity contribution in [1.29, 1.82) is 0 Å². The number of rotatable bonds is 4. The largest absolute Gasteiger partial charge is 0.477 e. The van der Waals surface area contributed by atoms with Crippen LogP contribution in [0.5, 0.6) is 0 Å². The number of pyridine rings is 1. The summed E-state index contributed by atoms with van der Waals surface area (Å²) < 4.78 is 1.31. The van der Waals surface area contributed by atoms with Crippen molar-refractivity contribution in [2.75, 3.05) is 0 Å². The maximum absolute atomic E-state index is 11.2. The molecular weight excluding hydrogens is 284 g/mol. The molecule has 2 rings (SSSR count). The average molecular weight is 294 g/mol. The maximum Gasteiger partial charge on any atom is 0.354 e. The molecule has 0 radical (unpaired) electrons. The normalized spacial score (nSPS) is 10.4. The second-order valence-electron chi connectivity index (χ2n) is 3.80. The van der Waals surface area contributed by atoms with Gasteiger partial charge in [0.05, 0.1) is 0 Å². The molecule has 0 fully saturated rings. The molecule has 0 saturated carbocycles. The number of hydrogen-bond acceptors (Lipinski definition) is 6. The first-order valence-corrected chi connectivity index (χ1v) is 6.45. The Kier molecular flexibility index (Phi) is 3.99. The van der Waals surface area contributed by atoms with Gasteiger partial charge in [-0.2, -0.15) is 4.98 Å². The summed E-state index contributed by atoms with van der Waals surface area (Å²) in [5.41, 5.74) is -1.22. The van der Waals surface area contributed by atoms with Crippen molar-refractivity contribution in [1.82, 2.24) is 19.7 Å². The van der Waals surface area contributed by atoms with Crippen LogP contribution in [0.25, 0.3) is 0 Å². The summed E-state index contributed by atoms with van der Waals surface area (Å²) >= 11 is 1.13. The van der Waals surface area contributed by atoms with Crippen LogP contribution in [-0.2, 0) is 12.8 Å². The molecule has 2 aromatic rings. The zero-order valence-electron chi connectivity index (χ0n) is 10.4. The molecule has 0 spiro atoms. The molecule has 104 valence electrons. The number of aromatic carboxylic acids is 1. The van der Waals surface area contributed by atoms with Crippen LogP contribution >= 0.6 is 11.8 Å². The van der Waals surface area contributed by atoms with Gasteiger partial charge in [0, 0.05) is 19.0 Å². The lowest BCUT2D eigenvalue weighted by Crippen LogP contribution is -2.33. The standard InChI is InChI=1S/C11H10N4O4S/c1-15-11(13-8(16)9(17)14-15)20-5-6-3-2-4-12-7(6)10(18)19/h2-4H,5H2,1H3,(H,14,17)(H,18,19). The Bertz CT molecular complexity index is 768. The third-order valence-electron chi connectivity index (χ3n) is 2.40. The lowest BCUT2D eigenvalue weighted by molar-refractivity contribution is 0.0689. The van der Waals surface area contributed by atoms with Crippen LogP contribution in [0.2, 0.25) is 0 Å². The minimum absolute atomic E-state index is 0.0468. The quantitative estimate of drug-likeness (QED) is 0.595. The monoisotopic (exact) mass is 294 g/mol. The number of carbonyl (C=O) groups is 1. The number of aryl methyl sites for hydroxylation is 1. The first kappa shape index (κ1) is 14.0. The molecule has 20 heavy (non-hydrogen) atoms. The number of nitrogens with one attached hydrogen (secondary N) is 1. The molecule has 2 aromatic heterocycles. The van der Waals surface area contributed by atoms with Gasteiger partial charge in [-0.3, -0.25) is 19.4 Å². The van der Waals surface area contributed by atoms with Crippen LogP contribution in [0.4, 0.5) is 0 Å². The van der Waals surface area contributed by atoms with Gasteiger partial charge in [0.2, 0.25) is 0 Å². The average Bonchev–Trinajstić information content (AvgIpc) is 2.41. The van der Waals surface area contributed by atoms with E-state index in [1.807, 2.05) is 0 Å². The molecule has 0 amide bonds. The first-order valence-electron chi connectivity index (χ1n) is 5.46. The van der Waals surface area contributed by atoms with Gasteiger partial charge in [-0.25, -0.2) is 9.78 Å². The molecule has 0 atom stereocenters. The summed E-state index contributed by atoms with van der Waals surface area (Å²) in [6, 6.07) is 3.26. The Morgan fingerprint density at radius 2 is 2.25 bits per heavy atom. The van der Waals surface area contributed by atoms with Gasteiger partial charge in [0.25, 0.3) is 0 Å². The van der Waals surface area contributed by atoms with Crippen LogP contribution < -0.4 is 11.1 Å². The van der Waals surface area contributed by atoms with E-state index in [9.17, 15) is 14.4 Å². The number of nitrogens with zero attached hydrogens (tertiary/aromatic N) is 3. The van der Waals surface area contributed by atoms with E-state index >= 15 is 0 Å². The molecular formula is C11H10N4O4S. The van der Waals surface area contributed by atoms with Crippen molar-refractivity contribution in [2.45, 2.75) is 10.9 Å². The summed E-state index contributed by atoms with van der Waals surface area (Å²) in [5, 5.41) is 11.6. The fourth-order valence-electron chi connectivity index (χ4n) is 1.48. The Morgan fingerprint density at radius 1 is 1.50 bits per heavy atom. The van der Waals surface area contributed by atoms with Crippen LogP contribution in [-0.4, -0.2) is 30.8 Å². The highest BCUT2D eigenvalue weighted by Crippen LogP contribution is 2.20. The van der Waals surface area contributed by atoms with Crippen LogP contribution in [0.15, 0.2) is 33.1 Å². The van der Waals surface area contributed by atoms with Gasteiger partial charge in [0.1, 0.15) is 0 Å². The van der Waals surface area contributed by atoms with Crippen LogP contribution in [0.1, 0.15) is 16.1 Å². The molecule has 0 bridgehead atoms. The molecule has 0 aliphatic rings. The lowest BCUT2D eigenvalue weighted by atomic mass is 10.2. The molecule has 2 heterocycles. The summed E-state index contributed by atoms with van der Waals surface area (Å²) in [5.74, 6) is -0.855. The van der Waals surface area contributed by atoms with E-state index < -0.39 is 17.1 Å². The van der Waals surface area contributed by atoms with Gasteiger partial charge in [-0.1, -0.05) is 17.8 Å². The summed E-state index contributed by atoms with van der Waals surface area (Å²) in [7, 11) is 1.54. The van der Waals surface area contributed by atoms with Crippen LogP contribution in [0.3, 0.4) is 0 Å². The highest BCUT2D eigenvalue weighted by molar-refractivity contribution is 7.98. The molecule has 0 aliphatic heterocycles. The Labute approximate surface area is 116 Å². The maximum atomic E-state index is 11.2. The van der Waals surface area contributed by atoms with Gasteiger partial charge in [-0.15, -0.1) is 0 Å². The van der Waals surface area contributed by atoms with E-state index in [2.05, 4.69) is 15.1 Å². The number of carboxylic acid groups (broad SMARTS) is 1. The summed E-state index contributed by atoms with van der Waals surface area (Å²) in [4.78, 5) is 40.7. The van der Waals surface area contributed by atoms with E-state index in [1.165, 1.54) is 17.9 Å². The topological polar surface area (TPSA) is 118 Å². The third-order valence-corrected chi connectivity index (χ3v) is 3.48. The van der Waals surface area contributed by atoms with Gasteiger partial charge in [0.15, 0.2) is 10.9 Å². The summed E-state index contributed by atoms with van der Waals surface area (Å²) in [6.45, 7) is 0. The number of hydrogen-bond donors (Lipinski definition) is 2. The van der Waals surface area contributed by atoms with E-state index in [1.54, 1.807) is 12.1 Å². The molecule has 0 unspecified atom stereocenters. The zero-order chi connectivity index (χ0) is 14.7. The van der Waals surface area contributed by atoms with Crippen molar-refractivity contribution < 1.29 is 9.90 Å². The van der Waals surface area contributed by atoms with E-state index in [-0.39, 0.29) is 16.6 Å². The van der Waals surface area contributed by atoms with Crippen molar-refractivity contribution >= 4 is 17.7 Å². The molecule has 2 N–H and O–H groups in total. The fraction of sp³-hybridized carbons (Fsp3) is 0.182. The number of H-pyrrole nitrogens is 1. The Balaban J connectivity index is 2.26. The summed E-state index contributed by atoms with van der Waals surface area (Å²) in [6.07, 6.45) is 1.39. The van der Waals surface area contributed by atoms with E-state index in [4.69, 9.17) is 5.11 Å². The number of aromatic amines is 1. The SMILES string of the molecule is Cn1[nH]c(=O)c(=O)nc1SCc1cccnc1C(=O)O. The van der Waals surface area contributed by atoms with Crippen LogP contribution in [0, 0.1) is 0 Å². The van der Waals surface area contributed by atoms with Crippen molar-refractivity contribution in [3.8, 4) is 0 Å². The predicted octanol–water partition coefficient (Wildman–Crippen LogP) is -0.146. The molecule has 8 nitrogen and oxygen atoms in total. The highest BCUT2D eigenvalue weighted by atomic mass is 32.2. The second-order valence-corrected chi connectivity index (χ2v) is 4.75. The molecule has 0 aliphatic carbocycles. The molecule has 0 saturated heterocycles. The lowest BCUT2D eigenvalue weighted by Gasteiger charge is -2.07. The Hall–Kier alpha value is -2.42. The smallest absolute Gasteiger partial charge is 0.354 e. The highest BCUT2D eigenvalue weighted by Gasteiger charge is 2.12. The molecule has 0 aromatic carbocycles. The van der Waals surface area contributed by atoms with Crippen molar-refractivity contribution in [3.05, 3.63) is 50.3 Å². The van der Waals surface area contributed by atoms with Gasteiger partial charge >= 0.3 is 17.1 Å². The number of thioether (sulfide) groups is 1. The molecule has 9 heteroatoms. The van der Waals surface area contributed by atoms with E-state index in [0.717, 1.165) is 11.8 Å². The first-order chi connectivity index (χ1) is 9.49. The Morgan fingerprint density at radius 3 is 2.95 bits per heavy atom. The fourth-order valence-corrected chi connectivity index (χ4v) is 2.38. The number of carboxylic acids is 1. The predicted molar refractivity (Wildman–Crippen MR) is 70.9 cm³/mol. The van der Waals surface area contributed by atoms with E-state index in [0.29, 0.717) is 5.56 Å².